The second-order valence-corrected chi connectivity index (χ2v) is 9.82. The van der Waals surface area contributed by atoms with Crippen molar-refractivity contribution in [2.24, 2.45) is 23.3 Å². The third kappa shape index (κ3) is 9.56. The molecule has 2 saturated heterocycles. The minimum absolute atomic E-state index is 0.0388. The number of carbonyl (C=O) groups excluding carboxylic acids is 2. The summed E-state index contributed by atoms with van der Waals surface area (Å²) in [5, 5.41) is 3.86. The maximum absolute atomic E-state index is 11.0. The van der Waals surface area contributed by atoms with Gasteiger partial charge in [-0.1, -0.05) is 11.6 Å². The number of carbonyl (C=O) groups is 2. The maximum Gasteiger partial charge on any atom is 0.220 e. The van der Waals surface area contributed by atoms with Crippen LogP contribution in [-0.2, 0) is 9.59 Å². The molecule has 5 N–H and O–H groups in total. The number of nitrogens with one attached hydrogen (secondary N) is 1. The molecule has 11 heteroatoms. The summed E-state index contributed by atoms with van der Waals surface area (Å²) in [6.07, 6.45) is 10.4. The van der Waals surface area contributed by atoms with Crippen LogP contribution in [0.4, 0.5) is 5.69 Å². The van der Waals surface area contributed by atoms with E-state index in [1.165, 1.54) is 0 Å². The molecule has 0 bridgehead atoms. The van der Waals surface area contributed by atoms with E-state index >= 15 is 0 Å². The van der Waals surface area contributed by atoms with Crippen molar-refractivity contribution in [3.8, 4) is 0 Å². The van der Waals surface area contributed by atoms with E-state index < -0.39 is 0 Å². The largest absolute Gasteiger partial charge is 0.370 e. The smallest absolute Gasteiger partial charge is 0.220 e. The minimum Gasteiger partial charge on any atom is -0.370 e. The van der Waals surface area contributed by atoms with Crippen molar-refractivity contribution >= 4 is 61.0 Å². The Morgan fingerprint density at radius 1 is 0.909 bits per heavy atom. The number of nitrogens with zero attached hydrogens (tertiary/aromatic N) is 3. The van der Waals surface area contributed by atoms with Gasteiger partial charge in [-0.3, -0.25) is 19.6 Å². The lowest BCUT2D eigenvalue weighted by Crippen LogP contribution is -2.38. The number of amides is 2. The first-order valence-corrected chi connectivity index (χ1v) is 12.6. The predicted octanol–water partition coefficient (Wildman–Crippen LogP) is 3.51. The summed E-state index contributed by atoms with van der Waals surface area (Å²) in [5.41, 5.74) is 11.5. The third-order valence-corrected chi connectivity index (χ3v) is 7.25. The number of anilines is 1. The van der Waals surface area contributed by atoms with Crippen LogP contribution in [0.15, 0.2) is 45.9 Å². The maximum atomic E-state index is 11.0. The number of piperidine rings is 2. The average molecular weight is 605 g/mol. The van der Waals surface area contributed by atoms with E-state index in [4.69, 9.17) is 23.1 Å². The zero-order valence-corrected chi connectivity index (χ0v) is 22.2. The number of primary amides is 2. The average Bonchev–Trinajstić information content (AvgIpc) is 2.83. The van der Waals surface area contributed by atoms with Crippen molar-refractivity contribution in [1.29, 1.82) is 0 Å². The second kappa shape index (κ2) is 14.5. The lowest BCUT2D eigenvalue weighted by molar-refractivity contribution is -0.123. The SMILES string of the molecule is Clc1ccncc1Br.NC(=O)C1CCN(c2ccncc2Br)CC1.NC(=O)C1CCNCC1. The molecule has 0 saturated carbocycles. The van der Waals surface area contributed by atoms with E-state index in [1.54, 1.807) is 30.9 Å². The van der Waals surface area contributed by atoms with Crippen molar-refractivity contribution in [3.63, 3.8) is 0 Å². The number of pyridine rings is 2. The van der Waals surface area contributed by atoms with Crippen LogP contribution >= 0.6 is 43.5 Å². The summed E-state index contributed by atoms with van der Waals surface area (Å²) < 4.78 is 1.83. The van der Waals surface area contributed by atoms with E-state index in [1.807, 2.05) is 6.07 Å². The third-order valence-electron chi connectivity index (χ3n) is 5.45. The van der Waals surface area contributed by atoms with Crippen LogP contribution in [0.5, 0.6) is 0 Å². The fourth-order valence-corrected chi connectivity index (χ4v) is 4.35. The Labute approximate surface area is 216 Å². The van der Waals surface area contributed by atoms with Gasteiger partial charge in [0.1, 0.15) is 0 Å². The van der Waals surface area contributed by atoms with E-state index in [0.717, 1.165) is 66.5 Å². The summed E-state index contributed by atoms with van der Waals surface area (Å²) in [6, 6.07) is 3.71. The van der Waals surface area contributed by atoms with Crippen LogP contribution in [0.1, 0.15) is 25.7 Å². The van der Waals surface area contributed by atoms with Gasteiger partial charge in [-0.15, -0.1) is 0 Å². The molecule has 0 aromatic carbocycles. The molecule has 33 heavy (non-hydrogen) atoms. The summed E-state index contributed by atoms with van der Waals surface area (Å²) in [4.78, 5) is 31.7. The molecule has 4 rings (SSSR count). The van der Waals surface area contributed by atoms with Gasteiger partial charge in [0.15, 0.2) is 0 Å². The number of halogens is 3. The van der Waals surface area contributed by atoms with Crippen molar-refractivity contribution in [1.82, 2.24) is 15.3 Å². The van der Waals surface area contributed by atoms with Gasteiger partial charge in [0.05, 0.1) is 19.7 Å². The Morgan fingerprint density at radius 2 is 1.42 bits per heavy atom. The summed E-state index contributed by atoms with van der Waals surface area (Å²) in [7, 11) is 0. The quantitative estimate of drug-likeness (QED) is 0.492. The summed E-state index contributed by atoms with van der Waals surface area (Å²) in [5.74, 6) is -0.145. The Morgan fingerprint density at radius 3 is 1.85 bits per heavy atom. The number of nitrogens with two attached hydrogens (primary N) is 2. The van der Waals surface area contributed by atoms with Gasteiger partial charge in [0.25, 0.3) is 0 Å². The monoisotopic (exact) mass is 602 g/mol. The normalized spacial score (nSPS) is 16.6. The minimum atomic E-state index is -0.173. The van der Waals surface area contributed by atoms with Crippen molar-refractivity contribution < 1.29 is 9.59 Å². The standard InChI is InChI=1S/C11H14BrN3O.C6H12N2O.C5H3BrClN/c12-9-7-14-4-1-10(9)15-5-2-8(3-6-15)11(13)16;7-6(9)5-1-3-8-4-2-5;6-4-3-8-2-1-5(4)7/h1,4,7-8H,2-3,5-6H2,(H2,13,16);5,8H,1-4H2,(H2,7,9);1-3H. The van der Waals surface area contributed by atoms with Crippen LogP contribution in [0.2, 0.25) is 5.02 Å². The Balaban J connectivity index is 0.000000192. The summed E-state index contributed by atoms with van der Waals surface area (Å²) in [6.45, 7) is 3.62. The first-order valence-electron chi connectivity index (χ1n) is 10.7. The first kappa shape index (κ1) is 27.5. The second-order valence-electron chi connectivity index (χ2n) is 7.71. The fourth-order valence-electron chi connectivity index (χ4n) is 3.49. The molecule has 2 aliphatic rings. The van der Waals surface area contributed by atoms with Crippen LogP contribution in [0.3, 0.4) is 0 Å². The Hall–Kier alpha value is -1.75. The van der Waals surface area contributed by atoms with Gasteiger partial charge in [0, 0.05) is 49.7 Å². The van der Waals surface area contributed by atoms with Gasteiger partial charge in [-0.2, -0.15) is 0 Å². The van der Waals surface area contributed by atoms with Crippen molar-refractivity contribution in [2.75, 3.05) is 31.1 Å². The molecular formula is C22H29Br2ClN6O2. The zero-order valence-electron chi connectivity index (χ0n) is 18.2. The molecule has 8 nitrogen and oxygen atoms in total. The van der Waals surface area contributed by atoms with Gasteiger partial charge in [0.2, 0.25) is 11.8 Å². The van der Waals surface area contributed by atoms with Crippen molar-refractivity contribution in [3.05, 3.63) is 50.9 Å². The van der Waals surface area contributed by atoms with Crippen molar-refractivity contribution in [2.45, 2.75) is 25.7 Å². The van der Waals surface area contributed by atoms with E-state index in [0.29, 0.717) is 5.02 Å². The zero-order chi connectivity index (χ0) is 24.2. The van der Waals surface area contributed by atoms with Gasteiger partial charge in [-0.25, -0.2) is 0 Å². The molecule has 0 radical (unpaired) electrons. The summed E-state index contributed by atoms with van der Waals surface area (Å²) >= 11 is 12.3. The molecule has 4 heterocycles. The lowest BCUT2D eigenvalue weighted by Gasteiger charge is -2.32. The van der Waals surface area contributed by atoms with Crippen LogP contribution < -0.4 is 21.7 Å². The predicted molar refractivity (Wildman–Crippen MR) is 138 cm³/mol. The molecule has 2 fully saturated rings. The van der Waals surface area contributed by atoms with Crippen LogP contribution in [0, 0.1) is 11.8 Å². The molecule has 0 aliphatic carbocycles. The van der Waals surface area contributed by atoms with E-state index in [-0.39, 0.29) is 23.7 Å². The molecule has 0 spiro atoms. The van der Waals surface area contributed by atoms with Crippen LogP contribution in [-0.4, -0.2) is 48.0 Å². The highest BCUT2D eigenvalue weighted by molar-refractivity contribution is 9.11. The van der Waals surface area contributed by atoms with E-state index in [2.05, 4.69) is 52.0 Å². The highest BCUT2D eigenvalue weighted by Crippen LogP contribution is 2.28. The molecule has 2 amide bonds. The number of hydrogen-bond donors (Lipinski definition) is 3. The Kier molecular flexibility index (Phi) is 12.1. The number of hydrogen-bond acceptors (Lipinski definition) is 6. The molecule has 180 valence electrons. The van der Waals surface area contributed by atoms with E-state index in [9.17, 15) is 9.59 Å². The topological polar surface area (TPSA) is 127 Å². The highest BCUT2D eigenvalue weighted by Gasteiger charge is 2.24. The molecular weight excluding hydrogens is 576 g/mol. The first-order chi connectivity index (χ1) is 15.8. The van der Waals surface area contributed by atoms with Gasteiger partial charge in [-0.05, 0) is 82.8 Å². The molecule has 2 aromatic rings. The van der Waals surface area contributed by atoms with Gasteiger partial charge >= 0.3 is 0 Å². The lowest BCUT2D eigenvalue weighted by atomic mass is 9.96. The van der Waals surface area contributed by atoms with Crippen LogP contribution in [0.25, 0.3) is 0 Å². The molecule has 0 atom stereocenters. The molecule has 2 aliphatic heterocycles. The Bertz CT molecular complexity index is 885. The molecule has 2 aromatic heterocycles. The van der Waals surface area contributed by atoms with Gasteiger partial charge < -0.3 is 21.7 Å². The fraction of sp³-hybridized carbons (Fsp3) is 0.455. The highest BCUT2D eigenvalue weighted by atomic mass is 79.9. The number of aromatic nitrogens is 2. The molecule has 0 unspecified atom stereocenters. The number of rotatable bonds is 3.